The second-order valence-corrected chi connectivity index (χ2v) is 5.38. The summed E-state index contributed by atoms with van der Waals surface area (Å²) in [6.45, 7) is 0. The van der Waals surface area contributed by atoms with Crippen LogP contribution in [-0.4, -0.2) is 17.3 Å². The Hall–Kier alpha value is -0.830. The fourth-order valence-corrected chi connectivity index (χ4v) is 2.74. The Labute approximate surface area is 111 Å². The van der Waals surface area contributed by atoms with Gasteiger partial charge in [-0.05, 0) is 36.8 Å². The van der Waals surface area contributed by atoms with Gasteiger partial charge in [-0.25, -0.2) is 0 Å². The van der Waals surface area contributed by atoms with Crippen molar-refractivity contribution in [3.8, 4) is 0 Å². The molecule has 0 saturated carbocycles. The van der Waals surface area contributed by atoms with Crippen molar-refractivity contribution >= 4 is 21.8 Å². The van der Waals surface area contributed by atoms with Crippen LogP contribution >= 0.6 is 15.9 Å². The van der Waals surface area contributed by atoms with Gasteiger partial charge in [0.15, 0.2) is 0 Å². The Morgan fingerprint density at radius 2 is 1.88 bits per heavy atom. The number of nitrogens with one attached hydrogen (secondary N) is 1. The van der Waals surface area contributed by atoms with E-state index < -0.39 is 0 Å². The number of benzene rings is 1. The monoisotopic (exact) mass is 295 g/mol. The van der Waals surface area contributed by atoms with Crippen LogP contribution in [0.1, 0.15) is 30.4 Å². The van der Waals surface area contributed by atoms with Crippen LogP contribution in [0.25, 0.3) is 0 Å². The summed E-state index contributed by atoms with van der Waals surface area (Å²) in [5.74, 6) is 0.198. The molecule has 92 valence electrons. The van der Waals surface area contributed by atoms with Crippen molar-refractivity contribution < 1.29 is 4.79 Å². The third-order valence-corrected chi connectivity index (χ3v) is 3.76. The Morgan fingerprint density at radius 3 is 2.47 bits per heavy atom. The summed E-state index contributed by atoms with van der Waals surface area (Å²) in [5.41, 5.74) is 2.77. The van der Waals surface area contributed by atoms with E-state index in [-0.39, 0.29) is 5.91 Å². The molecule has 1 aliphatic rings. The topological polar surface area (TPSA) is 29.1 Å². The predicted octanol–water partition coefficient (Wildman–Crippen LogP) is 2.84. The van der Waals surface area contributed by atoms with E-state index >= 15 is 0 Å². The minimum absolute atomic E-state index is 0.198. The number of carbonyl (C=O) groups excluding carboxylic acids is 1. The molecule has 1 aromatic rings. The SMILES string of the molecule is O=C(CCCCBr)NC1Cc2ccccc2C1. The first-order valence-corrected chi connectivity index (χ1v) is 7.34. The lowest BCUT2D eigenvalue weighted by atomic mass is 10.1. The quantitative estimate of drug-likeness (QED) is 0.657. The van der Waals surface area contributed by atoms with Crippen LogP contribution in [0.2, 0.25) is 0 Å². The number of fused-ring (bicyclic) bond motifs is 1. The average molecular weight is 296 g/mol. The first kappa shape index (κ1) is 12.6. The van der Waals surface area contributed by atoms with Crippen LogP contribution in [0.4, 0.5) is 0 Å². The number of carbonyl (C=O) groups is 1. The Bertz CT molecular complexity index is 367. The van der Waals surface area contributed by atoms with E-state index in [1.165, 1.54) is 11.1 Å². The summed E-state index contributed by atoms with van der Waals surface area (Å²) in [6, 6.07) is 8.76. The molecule has 0 radical (unpaired) electrons. The smallest absolute Gasteiger partial charge is 0.220 e. The highest BCUT2D eigenvalue weighted by Gasteiger charge is 2.21. The third-order valence-electron chi connectivity index (χ3n) is 3.20. The van der Waals surface area contributed by atoms with Crippen molar-refractivity contribution in [3.63, 3.8) is 0 Å². The van der Waals surface area contributed by atoms with Crippen molar-refractivity contribution in [2.24, 2.45) is 0 Å². The maximum absolute atomic E-state index is 11.7. The van der Waals surface area contributed by atoms with E-state index in [1.807, 2.05) is 0 Å². The first-order valence-electron chi connectivity index (χ1n) is 6.21. The van der Waals surface area contributed by atoms with Gasteiger partial charge in [0.05, 0.1) is 0 Å². The molecule has 1 amide bonds. The van der Waals surface area contributed by atoms with Crippen LogP contribution in [0.5, 0.6) is 0 Å². The van der Waals surface area contributed by atoms with E-state index in [0.717, 1.165) is 31.0 Å². The molecule has 0 atom stereocenters. The molecule has 1 aliphatic carbocycles. The third kappa shape index (κ3) is 3.56. The van der Waals surface area contributed by atoms with E-state index in [2.05, 4.69) is 45.5 Å². The summed E-state index contributed by atoms with van der Waals surface area (Å²) < 4.78 is 0. The van der Waals surface area contributed by atoms with Gasteiger partial charge in [-0.2, -0.15) is 0 Å². The molecule has 3 heteroatoms. The fraction of sp³-hybridized carbons (Fsp3) is 0.500. The number of halogens is 1. The lowest BCUT2D eigenvalue weighted by molar-refractivity contribution is -0.121. The van der Waals surface area contributed by atoms with Crippen LogP contribution in [0.3, 0.4) is 0 Å². The largest absolute Gasteiger partial charge is 0.353 e. The summed E-state index contributed by atoms with van der Waals surface area (Å²) >= 11 is 3.38. The molecular weight excluding hydrogens is 278 g/mol. The Kier molecular flexibility index (Phi) is 4.60. The molecular formula is C14H18BrNO. The van der Waals surface area contributed by atoms with E-state index in [9.17, 15) is 4.79 Å². The molecule has 1 N–H and O–H groups in total. The van der Waals surface area contributed by atoms with Crippen molar-refractivity contribution in [1.29, 1.82) is 0 Å². The summed E-state index contributed by atoms with van der Waals surface area (Å²) in [7, 11) is 0. The maximum Gasteiger partial charge on any atom is 0.220 e. The zero-order valence-electron chi connectivity index (χ0n) is 9.92. The average Bonchev–Trinajstić information content (AvgIpc) is 2.71. The molecule has 0 heterocycles. The lowest BCUT2D eigenvalue weighted by Gasteiger charge is -2.11. The van der Waals surface area contributed by atoms with Crippen molar-refractivity contribution in [3.05, 3.63) is 35.4 Å². The van der Waals surface area contributed by atoms with Gasteiger partial charge in [-0.3, -0.25) is 4.79 Å². The van der Waals surface area contributed by atoms with Crippen molar-refractivity contribution in [2.75, 3.05) is 5.33 Å². The lowest BCUT2D eigenvalue weighted by Crippen LogP contribution is -2.35. The summed E-state index contributed by atoms with van der Waals surface area (Å²) in [6.07, 6.45) is 4.66. The van der Waals surface area contributed by atoms with E-state index in [1.54, 1.807) is 0 Å². The van der Waals surface area contributed by atoms with Gasteiger partial charge in [0.1, 0.15) is 0 Å². The molecule has 0 bridgehead atoms. The standard InChI is InChI=1S/C14H18BrNO/c15-8-4-3-7-14(17)16-13-9-11-5-1-2-6-12(11)10-13/h1-2,5-6,13H,3-4,7-10H2,(H,16,17). The zero-order chi connectivity index (χ0) is 12.1. The number of hydrogen-bond acceptors (Lipinski definition) is 1. The van der Waals surface area contributed by atoms with Crippen LogP contribution in [0.15, 0.2) is 24.3 Å². The normalized spacial score (nSPS) is 14.6. The minimum Gasteiger partial charge on any atom is -0.353 e. The number of unbranched alkanes of at least 4 members (excludes halogenated alkanes) is 1. The molecule has 2 rings (SSSR count). The number of amides is 1. The highest BCUT2D eigenvalue weighted by molar-refractivity contribution is 9.09. The highest BCUT2D eigenvalue weighted by atomic mass is 79.9. The number of hydrogen-bond donors (Lipinski definition) is 1. The van der Waals surface area contributed by atoms with Crippen LogP contribution in [-0.2, 0) is 17.6 Å². The fourth-order valence-electron chi connectivity index (χ4n) is 2.34. The first-order chi connectivity index (χ1) is 8.29. The zero-order valence-corrected chi connectivity index (χ0v) is 11.5. The predicted molar refractivity (Wildman–Crippen MR) is 73.4 cm³/mol. The molecule has 0 aliphatic heterocycles. The number of rotatable bonds is 5. The van der Waals surface area contributed by atoms with Gasteiger partial charge in [0.2, 0.25) is 5.91 Å². The van der Waals surface area contributed by atoms with Gasteiger partial charge < -0.3 is 5.32 Å². The van der Waals surface area contributed by atoms with Gasteiger partial charge in [-0.1, -0.05) is 40.2 Å². The maximum atomic E-state index is 11.7. The molecule has 17 heavy (non-hydrogen) atoms. The van der Waals surface area contributed by atoms with E-state index in [0.29, 0.717) is 12.5 Å². The molecule has 0 aromatic heterocycles. The van der Waals surface area contributed by atoms with Gasteiger partial charge in [-0.15, -0.1) is 0 Å². The minimum atomic E-state index is 0.198. The molecule has 0 unspecified atom stereocenters. The second kappa shape index (κ2) is 6.20. The molecule has 0 saturated heterocycles. The number of alkyl halides is 1. The van der Waals surface area contributed by atoms with Gasteiger partial charge in [0, 0.05) is 17.8 Å². The molecule has 1 aromatic carbocycles. The van der Waals surface area contributed by atoms with Crippen LogP contribution < -0.4 is 5.32 Å². The van der Waals surface area contributed by atoms with Crippen molar-refractivity contribution in [2.45, 2.75) is 38.1 Å². The van der Waals surface area contributed by atoms with Gasteiger partial charge >= 0.3 is 0 Å². The molecule has 2 nitrogen and oxygen atoms in total. The van der Waals surface area contributed by atoms with Crippen LogP contribution in [0, 0.1) is 0 Å². The van der Waals surface area contributed by atoms with Gasteiger partial charge in [0.25, 0.3) is 0 Å². The Balaban J connectivity index is 1.77. The molecule has 0 spiro atoms. The van der Waals surface area contributed by atoms with E-state index in [4.69, 9.17) is 0 Å². The molecule has 0 fully saturated rings. The van der Waals surface area contributed by atoms with Crippen molar-refractivity contribution in [1.82, 2.24) is 5.32 Å². The Morgan fingerprint density at radius 1 is 1.24 bits per heavy atom. The summed E-state index contributed by atoms with van der Waals surface area (Å²) in [4.78, 5) is 11.7. The second-order valence-electron chi connectivity index (χ2n) is 4.59. The highest BCUT2D eigenvalue weighted by Crippen LogP contribution is 2.21. The summed E-state index contributed by atoms with van der Waals surface area (Å²) in [5, 5.41) is 4.11.